The van der Waals surface area contributed by atoms with E-state index in [4.69, 9.17) is 4.74 Å². The van der Waals surface area contributed by atoms with Gasteiger partial charge in [0.1, 0.15) is 5.75 Å². The molecule has 0 atom stereocenters. The van der Waals surface area contributed by atoms with Crippen LogP contribution >= 0.6 is 15.9 Å². The summed E-state index contributed by atoms with van der Waals surface area (Å²) in [7, 11) is 0. The number of halogens is 4. The first-order valence-electron chi connectivity index (χ1n) is 4.78. The maximum absolute atomic E-state index is 12.3. The lowest BCUT2D eigenvalue weighted by molar-refractivity contribution is -0.138. The van der Waals surface area contributed by atoms with Gasteiger partial charge in [0.2, 0.25) is 0 Å². The molecule has 0 unspecified atom stereocenters. The Bertz CT molecular complexity index is 543. The second-order valence-corrected chi connectivity index (χ2v) is 4.23. The number of hydrogen-bond acceptors (Lipinski definition) is 3. The first-order chi connectivity index (χ1) is 8.45. The van der Waals surface area contributed by atoms with E-state index < -0.39 is 11.7 Å². The quantitative estimate of drug-likeness (QED) is 0.837. The van der Waals surface area contributed by atoms with Crippen molar-refractivity contribution in [2.75, 3.05) is 0 Å². The third kappa shape index (κ3) is 3.19. The highest BCUT2D eigenvalue weighted by Gasteiger charge is 2.31. The lowest BCUT2D eigenvalue weighted by Crippen LogP contribution is -2.06. The Morgan fingerprint density at radius 3 is 2.33 bits per heavy atom. The average molecular weight is 319 g/mol. The van der Waals surface area contributed by atoms with Gasteiger partial charge in [-0.25, -0.2) is 9.97 Å². The summed E-state index contributed by atoms with van der Waals surface area (Å²) in [6.07, 6.45) is -3.09. The Morgan fingerprint density at radius 1 is 1.11 bits per heavy atom. The molecule has 0 spiro atoms. The van der Waals surface area contributed by atoms with E-state index in [0.29, 0.717) is 18.1 Å². The predicted octanol–water partition coefficient (Wildman–Crippen LogP) is 4.05. The van der Waals surface area contributed by atoms with Gasteiger partial charge in [-0.05, 0) is 18.2 Å². The summed E-state index contributed by atoms with van der Waals surface area (Å²) in [4.78, 5) is 7.00. The highest BCUT2D eigenvalue weighted by Crippen LogP contribution is 2.29. The van der Waals surface area contributed by atoms with Crippen molar-refractivity contribution < 1.29 is 17.9 Å². The Hall–Kier alpha value is -1.63. The van der Waals surface area contributed by atoms with Gasteiger partial charge in [-0.2, -0.15) is 13.2 Å². The van der Waals surface area contributed by atoms with Crippen LogP contribution in [0.25, 0.3) is 0 Å². The van der Waals surface area contributed by atoms with Crippen LogP contribution in [0.1, 0.15) is 5.56 Å². The number of hydrogen-bond donors (Lipinski definition) is 0. The standard InChI is InChI=1S/C11H6BrF3N2O/c12-8-2-1-3-9(4-8)18-10-16-5-7(6-17-10)11(13,14)15/h1-6H. The van der Waals surface area contributed by atoms with Gasteiger partial charge >= 0.3 is 12.2 Å². The molecule has 0 saturated carbocycles. The minimum Gasteiger partial charge on any atom is -0.424 e. The normalized spacial score (nSPS) is 11.3. The van der Waals surface area contributed by atoms with Crippen molar-refractivity contribution in [3.05, 3.63) is 46.7 Å². The fourth-order valence-electron chi connectivity index (χ4n) is 1.15. The zero-order valence-corrected chi connectivity index (χ0v) is 10.4. The van der Waals surface area contributed by atoms with Crippen molar-refractivity contribution in [1.82, 2.24) is 9.97 Å². The number of aromatic nitrogens is 2. The molecule has 0 aliphatic carbocycles. The van der Waals surface area contributed by atoms with Crippen LogP contribution in [-0.4, -0.2) is 9.97 Å². The smallest absolute Gasteiger partial charge is 0.419 e. The van der Waals surface area contributed by atoms with Crippen molar-refractivity contribution in [2.24, 2.45) is 0 Å². The maximum atomic E-state index is 12.3. The zero-order chi connectivity index (χ0) is 13.2. The molecule has 0 radical (unpaired) electrons. The molecule has 1 heterocycles. The first-order valence-corrected chi connectivity index (χ1v) is 5.57. The Balaban J connectivity index is 2.16. The van der Waals surface area contributed by atoms with Crippen LogP contribution < -0.4 is 4.74 Å². The van der Waals surface area contributed by atoms with E-state index in [1.54, 1.807) is 24.3 Å². The summed E-state index contributed by atoms with van der Waals surface area (Å²) in [5, 5.41) is 0. The molecule has 1 aromatic carbocycles. The minimum absolute atomic E-state index is 0.138. The molecular weight excluding hydrogens is 313 g/mol. The van der Waals surface area contributed by atoms with Crippen LogP contribution in [-0.2, 0) is 6.18 Å². The Morgan fingerprint density at radius 2 is 1.78 bits per heavy atom. The molecule has 18 heavy (non-hydrogen) atoms. The molecule has 7 heteroatoms. The molecule has 2 aromatic rings. The predicted molar refractivity (Wildman–Crippen MR) is 61.3 cm³/mol. The van der Waals surface area contributed by atoms with Crippen molar-refractivity contribution in [1.29, 1.82) is 0 Å². The molecule has 0 amide bonds. The van der Waals surface area contributed by atoms with Crippen LogP contribution in [0, 0.1) is 0 Å². The molecule has 0 aliphatic heterocycles. The van der Waals surface area contributed by atoms with Gasteiger partial charge in [0.15, 0.2) is 0 Å². The van der Waals surface area contributed by atoms with Crippen LogP contribution in [0.2, 0.25) is 0 Å². The van der Waals surface area contributed by atoms with Gasteiger partial charge in [0.05, 0.1) is 5.56 Å². The summed E-state index contributed by atoms with van der Waals surface area (Å²) < 4.78 is 42.8. The fraction of sp³-hybridized carbons (Fsp3) is 0.0909. The zero-order valence-electron chi connectivity index (χ0n) is 8.78. The molecule has 0 N–H and O–H groups in total. The van der Waals surface area contributed by atoms with E-state index in [1.165, 1.54) is 0 Å². The fourth-order valence-corrected chi connectivity index (χ4v) is 1.53. The highest BCUT2D eigenvalue weighted by molar-refractivity contribution is 9.10. The van der Waals surface area contributed by atoms with E-state index in [9.17, 15) is 13.2 Å². The molecule has 1 aromatic heterocycles. The van der Waals surface area contributed by atoms with E-state index >= 15 is 0 Å². The number of benzene rings is 1. The second-order valence-electron chi connectivity index (χ2n) is 3.31. The Kier molecular flexibility index (Phi) is 3.51. The topological polar surface area (TPSA) is 35.0 Å². The number of ether oxygens (including phenoxy) is 1. The number of alkyl halides is 3. The number of nitrogens with zero attached hydrogens (tertiary/aromatic N) is 2. The van der Waals surface area contributed by atoms with E-state index in [1.807, 2.05) is 0 Å². The Labute approximate surface area is 109 Å². The van der Waals surface area contributed by atoms with Crippen LogP contribution in [0.15, 0.2) is 41.1 Å². The summed E-state index contributed by atoms with van der Waals surface area (Å²) in [5.74, 6) is 0.434. The minimum atomic E-state index is -4.45. The molecule has 94 valence electrons. The summed E-state index contributed by atoms with van der Waals surface area (Å²) in [6, 6.07) is 6.68. The van der Waals surface area contributed by atoms with Crippen LogP contribution in [0.3, 0.4) is 0 Å². The summed E-state index contributed by atoms with van der Waals surface area (Å²) >= 11 is 3.24. The van der Waals surface area contributed by atoms with Crippen molar-refractivity contribution in [2.45, 2.75) is 6.18 Å². The van der Waals surface area contributed by atoms with Crippen molar-refractivity contribution in [3.8, 4) is 11.8 Å². The molecule has 3 nitrogen and oxygen atoms in total. The van der Waals surface area contributed by atoms with Gasteiger partial charge in [0, 0.05) is 16.9 Å². The van der Waals surface area contributed by atoms with Gasteiger partial charge in [-0.15, -0.1) is 0 Å². The monoisotopic (exact) mass is 318 g/mol. The third-order valence-electron chi connectivity index (χ3n) is 1.96. The molecular formula is C11H6BrF3N2O. The summed E-state index contributed by atoms with van der Waals surface area (Å²) in [5.41, 5.74) is -0.913. The van der Waals surface area contributed by atoms with Gasteiger partial charge in [-0.1, -0.05) is 22.0 Å². The summed E-state index contributed by atoms with van der Waals surface area (Å²) in [6.45, 7) is 0. The van der Waals surface area contributed by atoms with Crippen molar-refractivity contribution >= 4 is 15.9 Å². The molecule has 0 saturated heterocycles. The third-order valence-corrected chi connectivity index (χ3v) is 2.45. The largest absolute Gasteiger partial charge is 0.424 e. The SMILES string of the molecule is FC(F)(F)c1cnc(Oc2cccc(Br)c2)nc1. The average Bonchev–Trinajstić information content (AvgIpc) is 2.28. The molecule has 2 rings (SSSR count). The second kappa shape index (κ2) is 4.93. The van der Waals surface area contributed by atoms with E-state index in [2.05, 4.69) is 25.9 Å². The van der Waals surface area contributed by atoms with Gasteiger partial charge in [0.25, 0.3) is 0 Å². The van der Waals surface area contributed by atoms with Gasteiger partial charge in [-0.3, -0.25) is 0 Å². The maximum Gasteiger partial charge on any atom is 0.419 e. The lowest BCUT2D eigenvalue weighted by atomic mass is 10.3. The highest BCUT2D eigenvalue weighted by atomic mass is 79.9. The lowest BCUT2D eigenvalue weighted by Gasteiger charge is -2.07. The van der Waals surface area contributed by atoms with Crippen molar-refractivity contribution in [3.63, 3.8) is 0 Å². The number of rotatable bonds is 2. The molecule has 0 fully saturated rings. The van der Waals surface area contributed by atoms with Crippen LogP contribution in [0.5, 0.6) is 11.8 Å². The first kappa shape index (κ1) is 12.8. The van der Waals surface area contributed by atoms with E-state index in [0.717, 1.165) is 4.47 Å². The van der Waals surface area contributed by atoms with E-state index in [-0.39, 0.29) is 6.01 Å². The van der Waals surface area contributed by atoms with Gasteiger partial charge < -0.3 is 4.74 Å². The van der Waals surface area contributed by atoms with Crippen LogP contribution in [0.4, 0.5) is 13.2 Å². The molecule has 0 bridgehead atoms. The molecule has 0 aliphatic rings.